The molecule has 2 aromatic heterocycles. The zero-order chi connectivity index (χ0) is 24.8. The SMILES string of the molecule is Cn1cc(-c2cc(OCC3C[C@H](C(=O)N4CC(F)CC4c4cccc(F)c4)C4CCC34)ncn2)cn1. The smallest absolute Gasteiger partial charge is 0.226 e. The molecule has 9 heteroatoms. The lowest BCUT2D eigenvalue weighted by Crippen LogP contribution is -2.40. The molecule has 0 bridgehead atoms. The maximum atomic E-state index is 14.5. The number of halogens is 2. The Kier molecular flexibility index (Phi) is 5.93. The van der Waals surface area contributed by atoms with Gasteiger partial charge in [-0.15, -0.1) is 0 Å². The first-order chi connectivity index (χ1) is 17.5. The molecule has 0 radical (unpaired) electrons. The molecule has 3 aliphatic rings. The van der Waals surface area contributed by atoms with Gasteiger partial charge >= 0.3 is 0 Å². The van der Waals surface area contributed by atoms with Gasteiger partial charge in [0, 0.05) is 37.2 Å². The summed E-state index contributed by atoms with van der Waals surface area (Å²) in [5.41, 5.74) is 2.30. The summed E-state index contributed by atoms with van der Waals surface area (Å²) in [6, 6.07) is 7.59. The first-order valence-corrected chi connectivity index (χ1v) is 12.6. The highest BCUT2D eigenvalue weighted by molar-refractivity contribution is 5.80. The molecular weight excluding hydrogens is 464 g/mol. The van der Waals surface area contributed by atoms with Gasteiger partial charge in [0.25, 0.3) is 0 Å². The van der Waals surface area contributed by atoms with Gasteiger partial charge < -0.3 is 9.64 Å². The van der Waals surface area contributed by atoms with Crippen molar-refractivity contribution in [2.24, 2.45) is 30.7 Å². The van der Waals surface area contributed by atoms with Crippen LogP contribution in [0, 0.1) is 29.5 Å². The Balaban J connectivity index is 1.13. The van der Waals surface area contributed by atoms with E-state index in [9.17, 15) is 13.6 Å². The van der Waals surface area contributed by atoms with Crippen molar-refractivity contribution < 1.29 is 18.3 Å². The second-order valence-electron chi connectivity index (χ2n) is 10.4. The maximum Gasteiger partial charge on any atom is 0.226 e. The molecule has 2 aliphatic carbocycles. The van der Waals surface area contributed by atoms with E-state index in [4.69, 9.17) is 4.74 Å². The van der Waals surface area contributed by atoms with Crippen molar-refractivity contribution in [3.63, 3.8) is 0 Å². The molecule has 188 valence electrons. The normalized spacial score (nSPS) is 29.1. The van der Waals surface area contributed by atoms with Gasteiger partial charge in [-0.1, -0.05) is 12.1 Å². The zero-order valence-corrected chi connectivity index (χ0v) is 20.1. The zero-order valence-electron chi connectivity index (χ0n) is 20.1. The maximum absolute atomic E-state index is 14.5. The number of benzene rings is 1. The molecule has 6 atom stereocenters. The van der Waals surface area contributed by atoms with E-state index in [0.717, 1.165) is 30.5 Å². The summed E-state index contributed by atoms with van der Waals surface area (Å²) in [7, 11) is 1.85. The second-order valence-corrected chi connectivity index (χ2v) is 10.4. The minimum Gasteiger partial charge on any atom is -0.477 e. The Hall–Kier alpha value is -3.36. The van der Waals surface area contributed by atoms with Gasteiger partial charge in [-0.25, -0.2) is 18.7 Å². The van der Waals surface area contributed by atoms with E-state index in [2.05, 4.69) is 15.1 Å². The topological polar surface area (TPSA) is 73.1 Å². The van der Waals surface area contributed by atoms with Crippen LogP contribution in [0.2, 0.25) is 0 Å². The fraction of sp³-hybridized carbons (Fsp3) is 0.481. The molecule has 3 heterocycles. The van der Waals surface area contributed by atoms with Gasteiger partial charge in [-0.05, 0) is 54.7 Å². The molecule has 6 rings (SSSR count). The fourth-order valence-electron chi connectivity index (χ4n) is 6.38. The van der Waals surface area contributed by atoms with E-state index >= 15 is 0 Å². The van der Waals surface area contributed by atoms with E-state index in [1.54, 1.807) is 27.9 Å². The van der Waals surface area contributed by atoms with Crippen LogP contribution >= 0.6 is 0 Å². The lowest BCUT2D eigenvalue weighted by atomic mass is 9.70. The van der Waals surface area contributed by atoms with Gasteiger partial charge in [0.05, 0.1) is 31.1 Å². The van der Waals surface area contributed by atoms with Crippen LogP contribution in [0.1, 0.15) is 37.3 Å². The predicted molar refractivity (Wildman–Crippen MR) is 128 cm³/mol. The molecule has 1 aliphatic heterocycles. The van der Waals surface area contributed by atoms with Crippen LogP contribution in [0.15, 0.2) is 49.1 Å². The number of fused-ring (bicyclic) bond motifs is 1. The Bertz CT molecular complexity index is 1270. The molecule has 1 amide bonds. The molecule has 2 saturated carbocycles. The van der Waals surface area contributed by atoms with Crippen LogP contribution in [-0.2, 0) is 11.8 Å². The highest BCUT2D eigenvalue weighted by Crippen LogP contribution is 2.55. The number of carbonyl (C=O) groups excluding carboxylic acids is 1. The molecule has 36 heavy (non-hydrogen) atoms. The molecule has 3 fully saturated rings. The summed E-state index contributed by atoms with van der Waals surface area (Å²) in [5, 5.41) is 4.19. The first-order valence-electron chi connectivity index (χ1n) is 12.6. The van der Waals surface area contributed by atoms with Gasteiger partial charge in [0.1, 0.15) is 18.3 Å². The number of hydrogen-bond acceptors (Lipinski definition) is 5. The van der Waals surface area contributed by atoms with Crippen molar-refractivity contribution >= 4 is 5.91 Å². The molecule has 0 N–H and O–H groups in total. The number of alkyl halides is 1. The largest absolute Gasteiger partial charge is 0.477 e. The summed E-state index contributed by atoms with van der Waals surface area (Å²) < 4.78 is 36.1. The molecule has 5 unspecified atom stereocenters. The number of hydrogen-bond donors (Lipinski definition) is 0. The third-order valence-corrected chi connectivity index (χ3v) is 8.23. The van der Waals surface area contributed by atoms with Crippen LogP contribution in [0.3, 0.4) is 0 Å². The molecule has 1 saturated heterocycles. The summed E-state index contributed by atoms with van der Waals surface area (Å²) in [6.07, 6.45) is 7.04. The van der Waals surface area contributed by atoms with Crippen LogP contribution in [0.25, 0.3) is 11.3 Å². The van der Waals surface area contributed by atoms with Crippen LogP contribution in [-0.4, -0.2) is 49.9 Å². The third-order valence-electron chi connectivity index (χ3n) is 8.23. The van der Waals surface area contributed by atoms with E-state index in [1.165, 1.54) is 18.5 Å². The molecule has 7 nitrogen and oxygen atoms in total. The number of nitrogens with zero attached hydrogens (tertiary/aromatic N) is 5. The predicted octanol–water partition coefficient (Wildman–Crippen LogP) is 4.37. The molecule has 3 aromatic rings. The van der Waals surface area contributed by atoms with E-state index < -0.39 is 12.2 Å². The third kappa shape index (κ3) is 4.24. The van der Waals surface area contributed by atoms with Crippen molar-refractivity contribution in [3.05, 3.63) is 60.4 Å². The minimum atomic E-state index is -1.09. The Labute approximate surface area is 208 Å². The molecule has 1 aromatic carbocycles. The average Bonchev–Trinajstić information content (AvgIpc) is 3.52. The lowest BCUT2D eigenvalue weighted by Gasteiger charge is -2.37. The van der Waals surface area contributed by atoms with Crippen molar-refractivity contribution in [1.29, 1.82) is 0 Å². The van der Waals surface area contributed by atoms with Crippen LogP contribution in [0.4, 0.5) is 8.78 Å². The Morgan fingerprint density at radius 1 is 1.17 bits per heavy atom. The van der Waals surface area contributed by atoms with Crippen molar-refractivity contribution in [2.75, 3.05) is 13.2 Å². The Morgan fingerprint density at radius 3 is 2.78 bits per heavy atom. The lowest BCUT2D eigenvalue weighted by molar-refractivity contribution is -0.139. The van der Waals surface area contributed by atoms with Gasteiger partial charge in [-0.2, -0.15) is 5.10 Å². The van der Waals surface area contributed by atoms with Gasteiger partial charge in [0.2, 0.25) is 11.8 Å². The van der Waals surface area contributed by atoms with Gasteiger partial charge in [-0.3, -0.25) is 9.48 Å². The fourth-order valence-corrected chi connectivity index (χ4v) is 6.38. The first kappa shape index (κ1) is 23.1. The standard InChI is InChI=1S/C27H29F2N5O2/c1-33-12-18(11-32-33)24-10-26(31-15-30-24)36-14-17-8-23(22-6-5-21(17)22)27(35)34-13-20(29)9-25(34)16-3-2-4-19(28)7-16/h2-4,7,10-12,15,17,20-23,25H,5-6,8-9,13-14H2,1H3/t17?,20?,21?,22?,23-,25?/m0/s1. The summed E-state index contributed by atoms with van der Waals surface area (Å²) >= 11 is 0. The van der Waals surface area contributed by atoms with E-state index in [-0.39, 0.29) is 36.5 Å². The summed E-state index contributed by atoms with van der Waals surface area (Å²) in [6.45, 7) is 0.556. The number of aromatic nitrogens is 4. The van der Waals surface area contributed by atoms with Crippen molar-refractivity contribution in [1.82, 2.24) is 24.6 Å². The van der Waals surface area contributed by atoms with Gasteiger partial charge in [0.15, 0.2) is 0 Å². The van der Waals surface area contributed by atoms with Crippen LogP contribution < -0.4 is 4.74 Å². The highest BCUT2D eigenvalue weighted by Gasteiger charge is 2.53. The number of amides is 1. The number of aryl methyl sites for hydroxylation is 1. The Morgan fingerprint density at radius 2 is 2.03 bits per heavy atom. The van der Waals surface area contributed by atoms with E-state index in [1.807, 2.05) is 19.3 Å². The quantitative estimate of drug-likeness (QED) is 0.510. The highest BCUT2D eigenvalue weighted by atomic mass is 19.1. The number of likely N-dealkylation sites (tertiary alicyclic amines) is 1. The minimum absolute atomic E-state index is 0.00233. The summed E-state index contributed by atoms with van der Waals surface area (Å²) in [5.74, 6) is 0.962. The number of ether oxygens (including phenoxy) is 1. The monoisotopic (exact) mass is 493 g/mol. The summed E-state index contributed by atoms with van der Waals surface area (Å²) in [4.78, 5) is 23.9. The number of rotatable bonds is 6. The molecular formula is C27H29F2N5O2. The van der Waals surface area contributed by atoms with Crippen molar-refractivity contribution in [3.8, 4) is 17.1 Å². The second kappa shape index (κ2) is 9.26. The number of carbonyl (C=O) groups is 1. The van der Waals surface area contributed by atoms with Crippen LogP contribution in [0.5, 0.6) is 5.88 Å². The van der Waals surface area contributed by atoms with E-state index in [0.29, 0.717) is 29.9 Å². The molecule has 0 spiro atoms. The van der Waals surface area contributed by atoms with Crippen molar-refractivity contribution in [2.45, 2.75) is 37.9 Å². The average molecular weight is 494 g/mol.